The van der Waals surface area contributed by atoms with Crippen LogP contribution in [-0.4, -0.2) is 35.8 Å². The van der Waals surface area contributed by atoms with Crippen LogP contribution in [0.3, 0.4) is 0 Å². The summed E-state index contributed by atoms with van der Waals surface area (Å²) in [5.41, 5.74) is -0.458. The van der Waals surface area contributed by atoms with E-state index < -0.39 is 17.5 Å². The summed E-state index contributed by atoms with van der Waals surface area (Å²) in [6.45, 7) is 2.07. The fraction of sp³-hybridized carbons (Fsp3) is 0.435. The molecule has 1 aliphatic carbocycles. The van der Waals surface area contributed by atoms with Crippen LogP contribution in [0.4, 0.5) is 4.79 Å². The molecule has 0 radical (unpaired) electrons. The number of hydrogen-bond donors (Lipinski definition) is 2. The number of benzene rings is 2. The van der Waals surface area contributed by atoms with Crippen LogP contribution >= 0.6 is 0 Å². The van der Waals surface area contributed by atoms with Gasteiger partial charge >= 0.3 is 6.03 Å². The average Bonchev–Trinajstić information content (AvgIpc) is 2.96. The second-order valence-corrected chi connectivity index (χ2v) is 8.28. The Hall–Kier alpha value is -2.89. The van der Waals surface area contributed by atoms with E-state index >= 15 is 0 Å². The summed E-state index contributed by atoms with van der Waals surface area (Å²) in [6.07, 6.45) is 5.93. The van der Waals surface area contributed by atoms with Crippen molar-refractivity contribution < 1.29 is 14.4 Å². The van der Waals surface area contributed by atoms with Crippen LogP contribution in [-0.2, 0) is 15.1 Å². The largest absolute Gasteiger partial charge is 0.354 e. The van der Waals surface area contributed by atoms with Crippen molar-refractivity contribution in [2.45, 2.75) is 44.6 Å². The van der Waals surface area contributed by atoms with E-state index in [9.17, 15) is 14.4 Å². The van der Waals surface area contributed by atoms with Gasteiger partial charge in [0.2, 0.25) is 5.91 Å². The topological polar surface area (TPSA) is 78.5 Å². The third-order valence-corrected chi connectivity index (χ3v) is 6.22. The van der Waals surface area contributed by atoms with Gasteiger partial charge in [0.25, 0.3) is 5.91 Å². The average molecular weight is 393 g/mol. The van der Waals surface area contributed by atoms with Gasteiger partial charge < -0.3 is 10.6 Å². The van der Waals surface area contributed by atoms with Crippen molar-refractivity contribution in [3.8, 4) is 0 Å². The third-order valence-electron chi connectivity index (χ3n) is 6.22. The normalized spacial score (nSPS) is 22.7. The Morgan fingerprint density at radius 2 is 1.83 bits per heavy atom. The van der Waals surface area contributed by atoms with Gasteiger partial charge in [0.1, 0.15) is 12.1 Å². The number of carbonyl (C=O) groups is 3. The molecule has 2 aromatic carbocycles. The number of imide groups is 1. The first-order chi connectivity index (χ1) is 14.0. The van der Waals surface area contributed by atoms with E-state index in [4.69, 9.17) is 0 Å². The van der Waals surface area contributed by atoms with Crippen molar-refractivity contribution in [2.75, 3.05) is 13.1 Å². The van der Waals surface area contributed by atoms with E-state index in [1.54, 1.807) is 6.92 Å². The lowest BCUT2D eigenvalue weighted by atomic mass is 9.88. The second kappa shape index (κ2) is 7.85. The van der Waals surface area contributed by atoms with Crippen molar-refractivity contribution >= 4 is 28.6 Å². The van der Waals surface area contributed by atoms with E-state index in [1.807, 2.05) is 42.5 Å². The number of nitrogens with one attached hydrogen (secondary N) is 2. The Morgan fingerprint density at radius 1 is 1.10 bits per heavy atom. The summed E-state index contributed by atoms with van der Waals surface area (Å²) in [5.74, 6) is -0.190. The number of rotatable bonds is 5. The highest BCUT2D eigenvalue weighted by atomic mass is 16.2. The van der Waals surface area contributed by atoms with Crippen LogP contribution in [0, 0.1) is 5.92 Å². The van der Waals surface area contributed by atoms with E-state index in [2.05, 4.69) is 10.6 Å². The number of carbonyl (C=O) groups excluding carboxylic acids is 3. The van der Waals surface area contributed by atoms with Gasteiger partial charge in [0.15, 0.2) is 0 Å². The SMILES string of the molecule is C[C@]1(c2cccc3ccccc23)NC(=O)N(CC(=O)NCC2CCCCC2)C1=O. The molecule has 0 spiro atoms. The van der Waals surface area contributed by atoms with Gasteiger partial charge in [0.05, 0.1) is 0 Å². The van der Waals surface area contributed by atoms with Gasteiger partial charge in [-0.3, -0.25) is 14.5 Å². The van der Waals surface area contributed by atoms with Crippen LogP contribution < -0.4 is 10.6 Å². The third kappa shape index (κ3) is 3.71. The zero-order valence-corrected chi connectivity index (χ0v) is 16.7. The molecule has 4 amide bonds. The maximum absolute atomic E-state index is 13.2. The van der Waals surface area contributed by atoms with Crippen molar-refractivity contribution in [2.24, 2.45) is 5.92 Å². The summed E-state index contributed by atoms with van der Waals surface area (Å²) in [5, 5.41) is 7.62. The van der Waals surface area contributed by atoms with Crippen LogP contribution in [0.5, 0.6) is 0 Å². The first-order valence-corrected chi connectivity index (χ1v) is 10.4. The Bertz CT molecular complexity index is 946. The Morgan fingerprint density at radius 3 is 2.62 bits per heavy atom. The lowest BCUT2D eigenvalue weighted by Crippen LogP contribution is -2.44. The van der Waals surface area contributed by atoms with Crippen LogP contribution in [0.2, 0.25) is 0 Å². The molecular formula is C23H27N3O3. The molecule has 0 unspecified atom stereocenters. The molecule has 1 saturated heterocycles. The number of hydrogen-bond acceptors (Lipinski definition) is 3. The molecule has 0 aromatic heterocycles. The fourth-order valence-electron chi connectivity index (χ4n) is 4.53. The first-order valence-electron chi connectivity index (χ1n) is 10.4. The smallest absolute Gasteiger partial charge is 0.325 e. The van der Waals surface area contributed by atoms with Crippen molar-refractivity contribution in [1.82, 2.24) is 15.5 Å². The van der Waals surface area contributed by atoms with Gasteiger partial charge in [-0.15, -0.1) is 0 Å². The first kappa shape index (κ1) is 19.4. The summed E-state index contributed by atoms with van der Waals surface area (Å²) in [4.78, 5) is 39.2. The highest BCUT2D eigenvalue weighted by Gasteiger charge is 2.50. The van der Waals surface area contributed by atoms with Crippen LogP contribution in [0.15, 0.2) is 42.5 Å². The number of amides is 4. The van der Waals surface area contributed by atoms with Crippen LogP contribution in [0.25, 0.3) is 10.8 Å². The highest BCUT2D eigenvalue weighted by Crippen LogP contribution is 2.33. The Balaban J connectivity index is 1.48. The molecule has 4 rings (SSSR count). The maximum atomic E-state index is 13.2. The lowest BCUT2D eigenvalue weighted by Gasteiger charge is -2.24. The lowest BCUT2D eigenvalue weighted by molar-refractivity contribution is -0.134. The molecule has 1 saturated carbocycles. The second-order valence-electron chi connectivity index (χ2n) is 8.28. The summed E-state index contributed by atoms with van der Waals surface area (Å²) in [7, 11) is 0. The van der Waals surface area contributed by atoms with Gasteiger partial charge in [-0.1, -0.05) is 61.7 Å². The number of fused-ring (bicyclic) bond motifs is 1. The number of nitrogens with zero attached hydrogens (tertiary/aromatic N) is 1. The van der Waals surface area contributed by atoms with E-state index in [1.165, 1.54) is 19.3 Å². The zero-order chi connectivity index (χ0) is 20.4. The van der Waals surface area contributed by atoms with Gasteiger partial charge in [-0.2, -0.15) is 0 Å². The maximum Gasteiger partial charge on any atom is 0.325 e. The molecule has 2 aromatic rings. The molecule has 1 heterocycles. The Labute approximate surface area is 170 Å². The minimum Gasteiger partial charge on any atom is -0.354 e. The zero-order valence-electron chi connectivity index (χ0n) is 16.7. The molecule has 6 nitrogen and oxygen atoms in total. The molecule has 152 valence electrons. The van der Waals surface area contributed by atoms with Gasteiger partial charge in [-0.05, 0) is 42.0 Å². The highest BCUT2D eigenvalue weighted by molar-refractivity contribution is 6.10. The molecule has 1 aliphatic heterocycles. The summed E-state index contributed by atoms with van der Waals surface area (Å²) < 4.78 is 0. The van der Waals surface area contributed by atoms with Crippen LogP contribution in [0.1, 0.15) is 44.6 Å². The molecule has 29 heavy (non-hydrogen) atoms. The molecule has 0 bridgehead atoms. The van der Waals surface area contributed by atoms with Crippen molar-refractivity contribution in [1.29, 1.82) is 0 Å². The van der Waals surface area contributed by atoms with Crippen molar-refractivity contribution in [3.05, 3.63) is 48.0 Å². The molecule has 1 atom stereocenters. The van der Waals surface area contributed by atoms with E-state index in [0.29, 0.717) is 12.5 Å². The standard InChI is InChI=1S/C23H27N3O3/c1-23(19-13-7-11-17-10-5-6-12-18(17)19)21(28)26(22(29)25-23)15-20(27)24-14-16-8-3-2-4-9-16/h5-7,10-13,16H,2-4,8-9,14-15H2,1H3,(H,24,27)(H,25,29)/t23-/m1/s1. The molecule has 2 N–H and O–H groups in total. The van der Waals surface area contributed by atoms with E-state index in [-0.39, 0.29) is 12.5 Å². The molecule has 2 fully saturated rings. The minimum absolute atomic E-state index is 0.252. The predicted octanol–water partition coefficient (Wildman–Crippen LogP) is 3.30. The monoisotopic (exact) mass is 393 g/mol. The summed E-state index contributed by atoms with van der Waals surface area (Å²) in [6, 6.07) is 12.9. The minimum atomic E-state index is -1.19. The molecule has 2 aliphatic rings. The Kier molecular flexibility index (Phi) is 5.26. The number of urea groups is 1. The molecular weight excluding hydrogens is 366 g/mol. The van der Waals surface area contributed by atoms with Crippen molar-refractivity contribution in [3.63, 3.8) is 0 Å². The predicted molar refractivity (Wildman–Crippen MR) is 111 cm³/mol. The fourth-order valence-corrected chi connectivity index (χ4v) is 4.53. The van der Waals surface area contributed by atoms with Gasteiger partial charge in [0, 0.05) is 6.54 Å². The van der Waals surface area contributed by atoms with Gasteiger partial charge in [-0.25, -0.2) is 4.79 Å². The quantitative estimate of drug-likeness (QED) is 0.765. The molecule has 6 heteroatoms. The summed E-state index contributed by atoms with van der Waals surface area (Å²) >= 11 is 0. The van der Waals surface area contributed by atoms with E-state index in [0.717, 1.165) is 34.1 Å².